The standard InChI is InChI=1S/C11H14F3NO4S/c1-2-8(7-16)15-20(17,18)10-6-4-3-5-9(10)19-11(12,13)14/h3-6,8,15-16H,2,7H2,1H3. The molecule has 114 valence electrons. The van der Waals surface area contributed by atoms with E-state index in [1.54, 1.807) is 6.92 Å². The Kier molecular flexibility index (Phi) is 5.37. The molecule has 0 fully saturated rings. The monoisotopic (exact) mass is 313 g/mol. The molecule has 0 radical (unpaired) electrons. The first-order chi connectivity index (χ1) is 9.19. The largest absolute Gasteiger partial charge is 0.573 e. The summed E-state index contributed by atoms with van der Waals surface area (Å²) in [6, 6.07) is 3.62. The Hall–Kier alpha value is -1.32. The highest BCUT2D eigenvalue weighted by atomic mass is 32.2. The van der Waals surface area contributed by atoms with E-state index in [9.17, 15) is 21.6 Å². The molecule has 0 aliphatic carbocycles. The van der Waals surface area contributed by atoms with E-state index >= 15 is 0 Å². The minimum atomic E-state index is -4.99. The maximum absolute atomic E-state index is 12.2. The van der Waals surface area contributed by atoms with Gasteiger partial charge in [-0.3, -0.25) is 0 Å². The van der Waals surface area contributed by atoms with Gasteiger partial charge in [-0.05, 0) is 18.6 Å². The van der Waals surface area contributed by atoms with Crippen molar-refractivity contribution in [3.63, 3.8) is 0 Å². The van der Waals surface area contributed by atoms with Gasteiger partial charge in [0.1, 0.15) is 10.6 Å². The van der Waals surface area contributed by atoms with E-state index in [0.717, 1.165) is 12.1 Å². The number of hydrogen-bond donors (Lipinski definition) is 2. The molecule has 1 aromatic carbocycles. The van der Waals surface area contributed by atoms with Crippen molar-refractivity contribution in [1.82, 2.24) is 4.72 Å². The van der Waals surface area contributed by atoms with Gasteiger partial charge in [-0.25, -0.2) is 13.1 Å². The molecule has 0 aliphatic heterocycles. The molecule has 1 atom stereocenters. The van der Waals surface area contributed by atoms with Gasteiger partial charge in [-0.1, -0.05) is 19.1 Å². The van der Waals surface area contributed by atoms with Gasteiger partial charge in [0, 0.05) is 6.04 Å². The predicted molar refractivity (Wildman–Crippen MR) is 64.6 cm³/mol. The van der Waals surface area contributed by atoms with Crippen LogP contribution in [-0.2, 0) is 10.0 Å². The van der Waals surface area contributed by atoms with Gasteiger partial charge in [-0.15, -0.1) is 13.2 Å². The second-order valence-corrected chi connectivity index (χ2v) is 5.59. The fourth-order valence-electron chi connectivity index (χ4n) is 1.41. The normalized spacial score (nSPS) is 14.1. The SMILES string of the molecule is CCC(CO)NS(=O)(=O)c1ccccc1OC(F)(F)F. The molecule has 0 heterocycles. The molecule has 2 N–H and O–H groups in total. The molecule has 9 heteroatoms. The molecule has 0 saturated carbocycles. The molecule has 0 aromatic heterocycles. The van der Waals surface area contributed by atoms with E-state index in [2.05, 4.69) is 9.46 Å². The number of hydrogen-bond acceptors (Lipinski definition) is 4. The summed E-state index contributed by atoms with van der Waals surface area (Å²) < 4.78 is 66.5. The van der Waals surface area contributed by atoms with Crippen LogP contribution >= 0.6 is 0 Å². The van der Waals surface area contributed by atoms with Gasteiger partial charge in [0.2, 0.25) is 10.0 Å². The molecule has 1 rings (SSSR count). The summed E-state index contributed by atoms with van der Waals surface area (Å²) >= 11 is 0. The quantitative estimate of drug-likeness (QED) is 0.837. The minimum absolute atomic E-state index is 0.290. The molecule has 5 nitrogen and oxygen atoms in total. The van der Waals surface area contributed by atoms with Crippen LogP contribution in [0.15, 0.2) is 29.2 Å². The zero-order valence-corrected chi connectivity index (χ0v) is 11.3. The summed E-state index contributed by atoms with van der Waals surface area (Å²) in [6.07, 6.45) is -4.70. The first-order valence-electron chi connectivity index (χ1n) is 5.67. The van der Waals surface area contributed by atoms with Crippen LogP contribution in [0.25, 0.3) is 0 Å². The second-order valence-electron chi connectivity index (χ2n) is 3.90. The number of alkyl halides is 3. The molecule has 0 spiro atoms. The van der Waals surface area contributed by atoms with Gasteiger partial charge in [0.15, 0.2) is 0 Å². The Labute approximate surface area is 114 Å². The van der Waals surface area contributed by atoms with Crippen molar-refractivity contribution in [2.24, 2.45) is 0 Å². The number of benzene rings is 1. The molecule has 0 bridgehead atoms. The lowest BCUT2D eigenvalue weighted by atomic mass is 10.3. The maximum Gasteiger partial charge on any atom is 0.573 e. The zero-order valence-electron chi connectivity index (χ0n) is 10.5. The third-order valence-electron chi connectivity index (χ3n) is 2.40. The lowest BCUT2D eigenvalue weighted by Crippen LogP contribution is -2.37. The smallest absolute Gasteiger partial charge is 0.404 e. The number of aliphatic hydroxyl groups excluding tert-OH is 1. The number of nitrogens with one attached hydrogen (secondary N) is 1. The van der Waals surface area contributed by atoms with Crippen molar-refractivity contribution < 1.29 is 31.4 Å². The Morgan fingerprint density at radius 3 is 2.45 bits per heavy atom. The van der Waals surface area contributed by atoms with Gasteiger partial charge < -0.3 is 9.84 Å². The van der Waals surface area contributed by atoms with Crippen LogP contribution in [0.3, 0.4) is 0 Å². The van der Waals surface area contributed by atoms with Crippen molar-refractivity contribution in [3.05, 3.63) is 24.3 Å². The lowest BCUT2D eigenvalue weighted by molar-refractivity contribution is -0.275. The molecular weight excluding hydrogens is 299 g/mol. The van der Waals surface area contributed by atoms with Crippen molar-refractivity contribution in [2.75, 3.05) is 6.61 Å². The van der Waals surface area contributed by atoms with Crippen LogP contribution in [0.5, 0.6) is 5.75 Å². The van der Waals surface area contributed by atoms with Crippen molar-refractivity contribution in [2.45, 2.75) is 30.6 Å². The molecule has 0 saturated heterocycles. The number of para-hydroxylation sites is 1. The summed E-state index contributed by atoms with van der Waals surface area (Å²) in [5, 5.41) is 8.95. The molecule has 20 heavy (non-hydrogen) atoms. The number of sulfonamides is 1. The number of aliphatic hydroxyl groups is 1. The highest BCUT2D eigenvalue weighted by Crippen LogP contribution is 2.29. The van der Waals surface area contributed by atoms with Crippen LogP contribution in [-0.4, -0.2) is 32.5 Å². The molecule has 0 amide bonds. The summed E-state index contributed by atoms with van der Waals surface area (Å²) in [4.78, 5) is -0.635. The first-order valence-corrected chi connectivity index (χ1v) is 7.16. The Balaban J connectivity index is 3.12. The number of rotatable bonds is 6. The summed E-state index contributed by atoms with van der Waals surface area (Å²) in [6.45, 7) is 1.17. The third kappa shape index (κ3) is 4.66. The van der Waals surface area contributed by atoms with Crippen molar-refractivity contribution in [3.8, 4) is 5.75 Å². The maximum atomic E-state index is 12.2. The van der Waals surface area contributed by atoms with E-state index in [1.165, 1.54) is 12.1 Å². The first kappa shape index (κ1) is 16.7. The predicted octanol–water partition coefficient (Wildman–Crippen LogP) is 1.63. The van der Waals surface area contributed by atoms with Crippen LogP contribution in [0.1, 0.15) is 13.3 Å². The van der Waals surface area contributed by atoms with Crippen LogP contribution in [0.4, 0.5) is 13.2 Å². The summed E-state index contributed by atoms with van der Waals surface area (Å²) in [7, 11) is -4.22. The van der Waals surface area contributed by atoms with Crippen LogP contribution in [0.2, 0.25) is 0 Å². The fraction of sp³-hybridized carbons (Fsp3) is 0.455. The van der Waals surface area contributed by atoms with Crippen LogP contribution in [0, 0.1) is 0 Å². The van der Waals surface area contributed by atoms with Crippen molar-refractivity contribution >= 4 is 10.0 Å². The van der Waals surface area contributed by atoms with Gasteiger partial charge in [0.25, 0.3) is 0 Å². The number of ether oxygens (including phenoxy) is 1. The molecule has 1 unspecified atom stereocenters. The molecular formula is C11H14F3NO4S. The zero-order chi connectivity index (χ0) is 15.4. The van der Waals surface area contributed by atoms with Gasteiger partial charge >= 0.3 is 6.36 Å². The van der Waals surface area contributed by atoms with E-state index < -0.39 is 39.7 Å². The topological polar surface area (TPSA) is 75.6 Å². The third-order valence-corrected chi connectivity index (χ3v) is 3.96. The van der Waals surface area contributed by atoms with E-state index in [1.807, 2.05) is 0 Å². The van der Waals surface area contributed by atoms with Gasteiger partial charge in [0.05, 0.1) is 6.61 Å². The van der Waals surface area contributed by atoms with E-state index in [4.69, 9.17) is 5.11 Å². The molecule has 1 aromatic rings. The Bertz CT molecular complexity index is 541. The summed E-state index contributed by atoms with van der Waals surface area (Å²) in [5.74, 6) is -0.819. The second kappa shape index (κ2) is 6.42. The molecule has 0 aliphatic rings. The van der Waals surface area contributed by atoms with Gasteiger partial charge in [-0.2, -0.15) is 0 Å². The fourth-order valence-corrected chi connectivity index (χ4v) is 2.85. The summed E-state index contributed by atoms with van der Waals surface area (Å²) in [5.41, 5.74) is 0. The highest BCUT2D eigenvalue weighted by Gasteiger charge is 2.34. The average Bonchev–Trinajstić information content (AvgIpc) is 2.34. The minimum Gasteiger partial charge on any atom is -0.404 e. The Morgan fingerprint density at radius 2 is 1.95 bits per heavy atom. The Morgan fingerprint density at radius 1 is 1.35 bits per heavy atom. The van der Waals surface area contributed by atoms with E-state index in [-0.39, 0.29) is 6.42 Å². The van der Waals surface area contributed by atoms with Crippen LogP contribution < -0.4 is 9.46 Å². The van der Waals surface area contributed by atoms with Crippen molar-refractivity contribution in [1.29, 1.82) is 0 Å². The average molecular weight is 313 g/mol. The number of halogens is 3. The lowest BCUT2D eigenvalue weighted by Gasteiger charge is -2.17. The highest BCUT2D eigenvalue weighted by molar-refractivity contribution is 7.89. The van der Waals surface area contributed by atoms with E-state index in [0.29, 0.717) is 0 Å².